The van der Waals surface area contributed by atoms with Crippen molar-refractivity contribution in [2.24, 2.45) is 0 Å². The van der Waals surface area contributed by atoms with Crippen LogP contribution in [0.5, 0.6) is 0 Å². The van der Waals surface area contributed by atoms with Crippen LogP contribution in [0, 0.1) is 6.92 Å². The normalized spacial score (nSPS) is 10.4. The number of halogens is 2. The van der Waals surface area contributed by atoms with E-state index in [1.807, 2.05) is 19.1 Å². The molecule has 0 aliphatic carbocycles. The smallest absolute Gasteiger partial charge is 0.194 e. The SMILES string of the molecule is Cc1cccc(C(=O)c2ccc(N)c(Br)c2)c1Cl. The molecule has 0 radical (unpaired) electrons. The van der Waals surface area contributed by atoms with Crippen LogP contribution in [0.2, 0.25) is 5.02 Å². The Morgan fingerprint density at radius 2 is 2.00 bits per heavy atom. The number of nitrogens with two attached hydrogens (primary N) is 1. The predicted molar refractivity (Wildman–Crippen MR) is 78.2 cm³/mol. The van der Waals surface area contributed by atoms with E-state index in [0.29, 0.717) is 26.3 Å². The van der Waals surface area contributed by atoms with E-state index >= 15 is 0 Å². The van der Waals surface area contributed by atoms with Crippen LogP contribution in [-0.4, -0.2) is 5.78 Å². The molecule has 0 heterocycles. The monoisotopic (exact) mass is 323 g/mol. The van der Waals surface area contributed by atoms with Crippen molar-refractivity contribution in [2.45, 2.75) is 6.92 Å². The summed E-state index contributed by atoms with van der Waals surface area (Å²) in [6, 6.07) is 10.5. The third kappa shape index (κ3) is 2.42. The number of nitrogen functional groups attached to an aromatic ring is 1. The molecule has 0 atom stereocenters. The summed E-state index contributed by atoms with van der Waals surface area (Å²) in [6.07, 6.45) is 0. The fourth-order valence-electron chi connectivity index (χ4n) is 1.65. The van der Waals surface area contributed by atoms with Crippen LogP contribution in [-0.2, 0) is 0 Å². The highest BCUT2D eigenvalue weighted by atomic mass is 79.9. The average molecular weight is 325 g/mol. The van der Waals surface area contributed by atoms with Gasteiger partial charge < -0.3 is 5.73 Å². The van der Waals surface area contributed by atoms with Gasteiger partial charge in [0, 0.05) is 21.3 Å². The Balaban J connectivity index is 2.48. The number of ketones is 1. The average Bonchev–Trinajstić information content (AvgIpc) is 2.35. The van der Waals surface area contributed by atoms with Crippen molar-refractivity contribution in [1.82, 2.24) is 0 Å². The molecule has 2 aromatic carbocycles. The standard InChI is InChI=1S/C14H11BrClNO/c1-8-3-2-4-10(13(8)16)14(18)9-5-6-12(17)11(15)7-9/h2-7H,17H2,1H3. The molecule has 0 aliphatic rings. The maximum Gasteiger partial charge on any atom is 0.194 e. The number of aryl methyl sites for hydroxylation is 1. The number of carbonyl (C=O) groups is 1. The first-order chi connectivity index (χ1) is 8.50. The van der Waals surface area contributed by atoms with Gasteiger partial charge in [0.05, 0.1) is 5.02 Å². The summed E-state index contributed by atoms with van der Waals surface area (Å²) >= 11 is 9.46. The van der Waals surface area contributed by atoms with E-state index in [1.165, 1.54) is 0 Å². The second-order valence-electron chi connectivity index (χ2n) is 4.00. The third-order valence-corrected chi connectivity index (χ3v) is 3.89. The molecule has 0 saturated heterocycles. The summed E-state index contributed by atoms with van der Waals surface area (Å²) in [6.45, 7) is 1.87. The molecular weight excluding hydrogens is 314 g/mol. The van der Waals surface area contributed by atoms with E-state index in [0.717, 1.165) is 5.56 Å². The summed E-state index contributed by atoms with van der Waals surface area (Å²) in [5.41, 5.74) is 8.25. The molecule has 4 heteroatoms. The van der Waals surface area contributed by atoms with Crippen LogP contribution in [0.15, 0.2) is 40.9 Å². The van der Waals surface area contributed by atoms with Gasteiger partial charge in [0.15, 0.2) is 5.78 Å². The first kappa shape index (κ1) is 13.1. The number of benzene rings is 2. The van der Waals surface area contributed by atoms with Crippen molar-refractivity contribution >= 4 is 39.0 Å². The van der Waals surface area contributed by atoms with E-state index < -0.39 is 0 Å². The number of hydrogen-bond acceptors (Lipinski definition) is 2. The Morgan fingerprint density at radius 1 is 1.28 bits per heavy atom. The first-order valence-corrected chi connectivity index (χ1v) is 6.52. The molecule has 0 bridgehead atoms. The lowest BCUT2D eigenvalue weighted by Gasteiger charge is -2.07. The summed E-state index contributed by atoms with van der Waals surface area (Å²) in [7, 11) is 0. The maximum absolute atomic E-state index is 12.3. The Kier molecular flexibility index (Phi) is 3.73. The number of carbonyl (C=O) groups excluding carboxylic acids is 1. The predicted octanol–water partition coefficient (Wildman–Crippen LogP) is 4.22. The Bertz CT molecular complexity index is 625. The fraction of sp³-hybridized carbons (Fsp3) is 0.0714. The molecule has 18 heavy (non-hydrogen) atoms. The molecule has 0 fully saturated rings. The lowest BCUT2D eigenvalue weighted by atomic mass is 10.0. The van der Waals surface area contributed by atoms with Gasteiger partial charge in [0.25, 0.3) is 0 Å². The zero-order valence-electron chi connectivity index (χ0n) is 9.71. The van der Waals surface area contributed by atoms with Crippen LogP contribution < -0.4 is 5.73 Å². The second-order valence-corrected chi connectivity index (χ2v) is 5.23. The lowest BCUT2D eigenvalue weighted by Crippen LogP contribution is -2.03. The van der Waals surface area contributed by atoms with Gasteiger partial charge >= 0.3 is 0 Å². The first-order valence-electron chi connectivity index (χ1n) is 5.35. The lowest BCUT2D eigenvalue weighted by molar-refractivity contribution is 0.103. The van der Waals surface area contributed by atoms with Crippen molar-refractivity contribution in [1.29, 1.82) is 0 Å². The molecule has 0 aliphatic heterocycles. The van der Waals surface area contributed by atoms with Crippen molar-refractivity contribution in [2.75, 3.05) is 5.73 Å². The van der Waals surface area contributed by atoms with E-state index in [-0.39, 0.29) is 5.78 Å². The molecule has 2 aromatic rings. The fourth-order valence-corrected chi connectivity index (χ4v) is 2.24. The van der Waals surface area contributed by atoms with Gasteiger partial charge in [-0.15, -0.1) is 0 Å². The Morgan fingerprint density at radius 3 is 2.67 bits per heavy atom. The van der Waals surface area contributed by atoms with Gasteiger partial charge in [-0.25, -0.2) is 0 Å². The molecule has 0 saturated carbocycles. The van der Waals surface area contributed by atoms with Crippen molar-refractivity contribution in [3.63, 3.8) is 0 Å². The zero-order chi connectivity index (χ0) is 13.3. The summed E-state index contributed by atoms with van der Waals surface area (Å²) in [4.78, 5) is 12.3. The van der Waals surface area contributed by atoms with Gasteiger partial charge in [0.2, 0.25) is 0 Å². The van der Waals surface area contributed by atoms with Gasteiger partial charge in [-0.1, -0.05) is 23.7 Å². The molecule has 92 valence electrons. The molecule has 0 spiro atoms. The molecule has 0 aromatic heterocycles. The van der Waals surface area contributed by atoms with Gasteiger partial charge in [-0.2, -0.15) is 0 Å². The topological polar surface area (TPSA) is 43.1 Å². The Hall–Kier alpha value is -1.32. The highest BCUT2D eigenvalue weighted by Crippen LogP contribution is 2.26. The Labute approximate surface area is 119 Å². The van der Waals surface area contributed by atoms with Crippen LogP contribution in [0.1, 0.15) is 21.5 Å². The van der Waals surface area contributed by atoms with Crippen LogP contribution >= 0.6 is 27.5 Å². The molecule has 2 N–H and O–H groups in total. The largest absolute Gasteiger partial charge is 0.398 e. The van der Waals surface area contributed by atoms with Gasteiger partial charge in [-0.05, 0) is 52.7 Å². The van der Waals surface area contributed by atoms with E-state index in [9.17, 15) is 4.79 Å². The van der Waals surface area contributed by atoms with Crippen LogP contribution in [0.25, 0.3) is 0 Å². The molecule has 2 nitrogen and oxygen atoms in total. The summed E-state index contributed by atoms with van der Waals surface area (Å²) < 4.78 is 0.706. The molecule has 2 rings (SSSR count). The minimum atomic E-state index is -0.107. The second kappa shape index (κ2) is 5.12. The molecule has 0 unspecified atom stereocenters. The van der Waals surface area contributed by atoms with Gasteiger partial charge in [-0.3, -0.25) is 4.79 Å². The number of anilines is 1. The molecule has 0 amide bonds. The highest BCUT2D eigenvalue weighted by Gasteiger charge is 2.14. The van der Waals surface area contributed by atoms with E-state index in [4.69, 9.17) is 17.3 Å². The van der Waals surface area contributed by atoms with E-state index in [2.05, 4.69) is 15.9 Å². The minimum Gasteiger partial charge on any atom is -0.398 e. The van der Waals surface area contributed by atoms with Crippen molar-refractivity contribution in [3.8, 4) is 0 Å². The summed E-state index contributed by atoms with van der Waals surface area (Å²) in [5.74, 6) is -0.107. The highest BCUT2D eigenvalue weighted by molar-refractivity contribution is 9.10. The molecular formula is C14H11BrClNO. The van der Waals surface area contributed by atoms with Gasteiger partial charge in [0.1, 0.15) is 0 Å². The van der Waals surface area contributed by atoms with Crippen molar-refractivity contribution in [3.05, 3.63) is 62.6 Å². The van der Waals surface area contributed by atoms with Crippen LogP contribution in [0.3, 0.4) is 0 Å². The summed E-state index contributed by atoms with van der Waals surface area (Å²) in [5, 5.41) is 0.496. The third-order valence-electron chi connectivity index (χ3n) is 2.70. The van der Waals surface area contributed by atoms with E-state index in [1.54, 1.807) is 24.3 Å². The zero-order valence-corrected chi connectivity index (χ0v) is 12.0. The maximum atomic E-state index is 12.3. The minimum absolute atomic E-state index is 0.107. The van der Waals surface area contributed by atoms with Crippen LogP contribution in [0.4, 0.5) is 5.69 Å². The quantitative estimate of drug-likeness (QED) is 0.664. The van der Waals surface area contributed by atoms with Crippen molar-refractivity contribution < 1.29 is 4.79 Å². The number of rotatable bonds is 2. The number of hydrogen-bond donors (Lipinski definition) is 1.